The molecule has 0 spiro atoms. The number of carbonyl (C=O) groups is 2. The second kappa shape index (κ2) is 5.09. The van der Waals surface area contributed by atoms with Crippen molar-refractivity contribution in [2.75, 3.05) is 18.8 Å². The van der Waals surface area contributed by atoms with Crippen molar-refractivity contribution in [1.29, 1.82) is 0 Å². The van der Waals surface area contributed by atoms with Gasteiger partial charge in [-0.1, -0.05) is 18.5 Å². The molecule has 3 N–H and O–H groups in total. The van der Waals surface area contributed by atoms with Crippen molar-refractivity contribution in [2.45, 2.75) is 6.92 Å². The highest BCUT2D eigenvalue weighted by Crippen LogP contribution is 2.27. The number of carboxylic acids is 1. The Morgan fingerprint density at radius 2 is 2.11 bits per heavy atom. The molecule has 0 aliphatic carbocycles. The Kier molecular flexibility index (Phi) is 3.66. The number of anilines is 1. The van der Waals surface area contributed by atoms with Crippen molar-refractivity contribution in [2.24, 2.45) is 11.8 Å². The van der Waals surface area contributed by atoms with Gasteiger partial charge in [-0.05, 0) is 18.2 Å². The van der Waals surface area contributed by atoms with Gasteiger partial charge in [-0.3, -0.25) is 9.59 Å². The fourth-order valence-electron chi connectivity index (χ4n) is 2.06. The number of amides is 1. The van der Waals surface area contributed by atoms with Crippen molar-refractivity contribution in [3.05, 3.63) is 28.8 Å². The molecule has 102 valence electrons. The number of carbonyl (C=O) groups excluding carboxylic acids is 1. The van der Waals surface area contributed by atoms with Crippen LogP contribution in [0.15, 0.2) is 18.2 Å². The highest BCUT2D eigenvalue weighted by Gasteiger charge is 2.37. The van der Waals surface area contributed by atoms with E-state index >= 15 is 0 Å². The van der Waals surface area contributed by atoms with Gasteiger partial charge in [0.2, 0.25) is 0 Å². The van der Waals surface area contributed by atoms with Gasteiger partial charge in [0.25, 0.3) is 5.91 Å². The fourth-order valence-corrected chi connectivity index (χ4v) is 2.17. The number of rotatable bonds is 3. The summed E-state index contributed by atoms with van der Waals surface area (Å²) in [5, 5.41) is 9.31. The molecule has 1 unspecified atom stereocenters. The van der Waals surface area contributed by atoms with Crippen LogP contribution in [0.25, 0.3) is 0 Å². The lowest BCUT2D eigenvalue weighted by Gasteiger charge is -2.41. The molecule has 1 fully saturated rings. The quantitative estimate of drug-likeness (QED) is 0.827. The zero-order valence-corrected chi connectivity index (χ0v) is 11.2. The highest BCUT2D eigenvalue weighted by molar-refractivity contribution is 6.33. The maximum absolute atomic E-state index is 12.1. The van der Waals surface area contributed by atoms with Crippen molar-refractivity contribution in [3.8, 4) is 0 Å². The number of nitrogen functional groups attached to an aromatic ring is 1. The molecule has 0 saturated carbocycles. The number of benzene rings is 1. The van der Waals surface area contributed by atoms with Gasteiger partial charge in [-0.25, -0.2) is 0 Å². The Hall–Kier alpha value is -1.75. The van der Waals surface area contributed by atoms with E-state index < -0.39 is 11.9 Å². The lowest BCUT2D eigenvalue weighted by Crippen LogP contribution is -2.53. The van der Waals surface area contributed by atoms with Crippen LogP contribution in [0, 0.1) is 11.8 Å². The predicted molar refractivity (Wildman–Crippen MR) is 72.1 cm³/mol. The van der Waals surface area contributed by atoms with Crippen LogP contribution in [0.4, 0.5) is 5.69 Å². The topological polar surface area (TPSA) is 83.6 Å². The number of carboxylic acid groups (broad SMARTS) is 1. The van der Waals surface area contributed by atoms with Crippen molar-refractivity contribution >= 4 is 29.2 Å². The van der Waals surface area contributed by atoms with Crippen molar-refractivity contribution in [1.82, 2.24) is 4.90 Å². The average molecular weight is 283 g/mol. The first-order chi connectivity index (χ1) is 8.90. The number of likely N-dealkylation sites (tertiary alicyclic amines) is 1. The highest BCUT2D eigenvalue weighted by atomic mass is 35.5. The number of hydrogen-bond donors (Lipinski definition) is 2. The van der Waals surface area contributed by atoms with Gasteiger partial charge in [0, 0.05) is 24.6 Å². The predicted octanol–water partition coefficient (Wildman–Crippen LogP) is 1.71. The summed E-state index contributed by atoms with van der Waals surface area (Å²) in [5.74, 6) is -1.38. The molecule has 19 heavy (non-hydrogen) atoms. The summed E-state index contributed by atoms with van der Waals surface area (Å²) >= 11 is 5.80. The average Bonchev–Trinajstić information content (AvgIpc) is 2.30. The third kappa shape index (κ3) is 2.66. The molecule has 6 heteroatoms. The van der Waals surface area contributed by atoms with Crippen LogP contribution in [-0.2, 0) is 4.79 Å². The Balaban J connectivity index is 2.00. The summed E-state index contributed by atoms with van der Waals surface area (Å²) in [5.41, 5.74) is 6.49. The number of hydrogen-bond acceptors (Lipinski definition) is 3. The molecular formula is C13H15ClN2O3. The van der Waals surface area contributed by atoms with Crippen LogP contribution in [0.1, 0.15) is 17.3 Å². The number of aliphatic carboxylic acids is 1. The first-order valence-electron chi connectivity index (χ1n) is 5.97. The molecular weight excluding hydrogens is 268 g/mol. The van der Waals surface area contributed by atoms with E-state index in [2.05, 4.69) is 0 Å². The maximum atomic E-state index is 12.1. The van der Waals surface area contributed by atoms with Gasteiger partial charge in [0.05, 0.1) is 16.6 Å². The van der Waals surface area contributed by atoms with Gasteiger partial charge in [-0.2, -0.15) is 0 Å². The normalized spacial score (nSPS) is 16.8. The Morgan fingerprint density at radius 1 is 1.47 bits per heavy atom. The van der Waals surface area contributed by atoms with Crippen LogP contribution in [0.5, 0.6) is 0 Å². The van der Waals surface area contributed by atoms with Crippen molar-refractivity contribution < 1.29 is 14.7 Å². The Morgan fingerprint density at radius 3 is 2.63 bits per heavy atom. The maximum Gasteiger partial charge on any atom is 0.306 e. The molecule has 1 heterocycles. The van der Waals surface area contributed by atoms with E-state index in [-0.39, 0.29) is 11.8 Å². The van der Waals surface area contributed by atoms with E-state index in [4.69, 9.17) is 22.4 Å². The molecule has 1 saturated heterocycles. The first-order valence-corrected chi connectivity index (χ1v) is 6.35. The molecule has 1 aliphatic rings. The zero-order valence-electron chi connectivity index (χ0n) is 10.5. The summed E-state index contributed by atoms with van der Waals surface area (Å²) in [4.78, 5) is 24.6. The van der Waals surface area contributed by atoms with Crippen LogP contribution in [0.3, 0.4) is 0 Å². The van der Waals surface area contributed by atoms with Crippen molar-refractivity contribution in [3.63, 3.8) is 0 Å². The molecule has 1 amide bonds. The van der Waals surface area contributed by atoms with Gasteiger partial charge < -0.3 is 15.7 Å². The first kappa shape index (κ1) is 13.7. The van der Waals surface area contributed by atoms with Gasteiger partial charge >= 0.3 is 5.97 Å². The summed E-state index contributed by atoms with van der Waals surface area (Å²) in [7, 11) is 0. The van der Waals surface area contributed by atoms with E-state index in [0.29, 0.717) is 29.4 Å². The molecule has 0 bridgehead atoms. The Labute approximate surface area is 116 Å². The molecule has 0 radical (unpaired) electrons. The van der Waals surface area contributed by atoms with Gasteiger partial charge in [-0.15, -0.1) is 0 Å². The SMILES string of the molecule is CC(C(=O)O)C1CN(C(=O)c2ccc(Cl)c(N)c2)C1. The van der Waals surface area contributed by atoms with Crippen LogP contribution in [-0.4, -0.2) is 35.0 Å². The van der Waals surface area contributed by atoms with E-state index in [0.717, 1.165) is 0 Å². The number of nitrogens with zero attached hydrogens (tertiary/aromatic N) is 1. The molecule has 1 atom stereocenters. The van der Waals surface area contributed by atoms with E-state index in [1.165, 1.54) is 0 Å². The lowest BCUT2D eigenvalue weighted by atomic mass is 9.86. The third-order valence-electron chi connectivity index (χ3n) is 3.54. The third-order valence-corrected chi connectivity index (χ3v) is 3.88. The fraction of sp³-hybridized carbons (Fsp3) is 0.385. The number of halogens is 1. The molecule has 1 aromatic carbocycles. The molecule has 5 nitrogen and oxygen atoms in total. The minimum atomic E-state index is -0.826. The minimum Gasteiger partial charge on any atom is -0.481 e. The standard InChI is InChI=1S/C13H15ClN2O3/c1-7(13(18)19)9-5-16(6-9)12(17)8-2-3-10(14)11(15)4-8/h2-4,7,9H,5-6,15H2,1H3,(H,18,19). The summed E-state index contributed by atoms with van der Waals surface area (Å²) in [6.45, 7) is 2.60. The largest absolute Gasteiger partial charge is 0.481 e. The number of nitrogens with two attached hydrogens (primary N) is 1. The smallest absolute Gasteiger partial charge is 0.306 e. The Bertz CT molecular complexity index is 527. The van der Waals surface area contributed by atoms with Gasteiger partial charge in [0.15, 0.2) is 0 Å². The summed E-state index contributed by atoms with van der Waals surface area (Å²) in [6, 6.07) is 4.74. The molecule has 0 aromatic heterocycles. The molecule has 1 aromatic rings. The minimum absolute atomic E-state index is 0.0195. The lowest BCUT2D eigenvalue weighted by molar-refractivity contribution is -0.144. The van der Waals surface area contributed by atoms with E-state index in [1.54, 1.807) is 30.0 Å². The summed E-state index contributed by atoms with van der Waals surface area (Å²) < 4.78 is 0. The second-order valence-electron chi connectivity index (χ2n) is 4.83. The molecule has 2 rings (SSSR count). The second-order valence-corrected chi connectivity index (χ2v) is 5.24. The van der Waals surface area contributed by atoms with Gasteiger partial charge in [0.1, 0.15) is 0 Å². The van der Waals surface area contributed by atoms with Crippen LogP contribution in [0.2, 0.25) is 5.02 Å². The van der Waals surface area contributed by atoms with E-state index in [1.807, 2.05) is 0 Å². The monoisotopic (exact) mass is 282 g/mol. The van der Waals surface area contributed by atoms with Crippen LogP contribution >= 0.6 is 11.6 Å². The van der Waals surface area contributed by atoms with Crippen LogP contribution < -0.4 is 5.73 Å². The molecule has 1 aliphatic heterocycles. The summed E-state index contributed by atoms with van der Waals surface area (Å²) in [6.07, 6.45) is 0. The van der Waals surface area contributed by atoms with E-state index in [9.17, 15) is 9.59 Å². The zero-order chi connectivity index (χ0) is 14.2.